The van der Waals surface area contributed by atoms with Crippen molar-refractivity contribution in [3.63, 3.8) is 0 Å². The van der Waals surface area contributed by atoms with E-state index in [1.165, 1.54) is 12.8 Å². The number of unbranched alkanes of at least 4 members (excludes halogenated alkanes) is 2. The van der Waals surface area contributed by atoms with Crippen molar-refractivity contribution in [3.05, 3.63) is 29.8 Å². The predicted molar refractivity (Wildman–Crippen MR) is 73.7 cm³/mol. The van der Waals surface area contributed by atoms with Crippen molar-refractivity contribution in [1.82, 2.24) is 0 Å². The topological polar surface area (TPSA) is 63.2 Å². The van der Waals surface area contributed by atoms with Crippen molar-refractivity contribution in [2.75, 3.05) is 13.2 Å². The fourth-order valence-corrected chi connectivity index (χ4v) is 1.72. The highest BCUT2D eigenvalue weighted by atomic mass is 16.5. The van der Waals surface area contributed by atoms with E-state index in [0.29, 0.717) is 6.61 Å². The van der Waals surface area contributed by atoms with Gasteiger partial charge in [-0.3, -0.25) is 0 Å². The molecule has 0 heterocycles. The number of esters is 1. The predicted octanol–water partition coefficient (Wildman–Crippen LogP) is 2.10. The average Bonchev–Trinajstić information content (AvgIpc) is 2.44. The highest BCUT2D eigenvalue weighted by Crippen LogP contribution is 2.16. The number of carbonyl (C=O) groups excluding carboxylic acids is 1. The Labute approximate surface area is 114 Å². The van der Waals surface area contributed by atoms with E-state index in [-0.39, 0.29) is 5.97 Å². The zero-order valence-electron chi connectivity index (χ0n) is 11.9. The summed E-state index contributed by atoms with van der Waals surface area (Å²) < 4.78 is 10.6. The van der Waals surface area contributed by atoms with Crippen LogP contribution in [0.25, 0.3) is 0 Å². The third kappa shape index (κ3) is 5.30. The summed E-state index contributed by atoms with van der Waals surface area (Å²) >= 11 is 0. The minimum absolute atomic E-state index is 0.292. The van der Waals surface area contributed by atoms with E-state index >= 15 is 0 Å². The molecule has 0 spiro atoms. The molecule has 1 aromatic carbocycles. The van der Waals surface area contributed by atoms with Gasteiger partial charge < -0.3 is 15.2 Å². The highest BCUT2D eigenvalue weighted by molar-refractivity contribution is 5.75. The van der Waals surface area contributed by atoms with Gasteiger partial charge in [-0.1, -0.05) is 19.8 Å². The van der Waals surface area contributed by atoms with Crippen LogP contribution in [0.3, 0.4) is 0 Å². The van der Waals surface area contributed by atoms with Gasteiger partial charge in [-0.25, -0.2) is 4.79 Å². The largest absolute Gasteiger partial charge is 0.494 e. The lowest BCUT2D eigenvalue weighted by Crippen LogP contribution is -2.57. The van der Waals surface area contributed by atoms with Gasteiger partial charge in [-0.2, -0.15) is 0 Å². The second kappa shape index (κ2) is 8.53. The van der Waals surface area contributed by atoms with E-state index in [4.69, 9.17) is 9.47 Å². The Bertz CT molecular complexity index is 375. The quantitative estimate of drug-likeness (QED) is 0.579. The first-order chi connectivity index (χ1) is 9.19. The number of quaternary nitrogens is 1. The van der Waals surface area contributed by atoms with E-state index in [1.54, 1.807) is 6.92 Å². The van der Waals surface area contributed by atoms with Crippen LogP contribution < -0.4 is 10.5 Å². The van der Waals surface area contributed by atoms with Gasteiger partial charge in [0.25, 0.3) is 0 Å². The van der Waals surface area contributed by atoms with Crippen molar-refractivity contribution in [3.8, 4) is 5.75 Å². The maximum atomic E-state index is 11.6. The Hall–Kier alpha value is -1.55. The Morgan fingerprint density at radius 3 is 2.47 bits per heavy atom. The number of ether oxygens (including phenoxy) is 2. The highest BCUT2D eigenvalue weighted by Gasteiger charge is 2.20. The van der Waals surface area contributed by atoms with Crippen LogP contribution >= 0.6 is 0 Å². The molecular weight excluding hydrogens is 242 g/mol. The monoisotopic (exact) mass is 266 g/mol. The molecule has 1 atom stereocenters. The third-order valence-corrected chi connectivity index (χ3v) is 2.87. The minimum atomic E-state index is -0.478. The normalized spacial score (nSPS) is 11.9. The second-order valence-corrected chi connectivity index (χ2v) is 4.43. The first-order valence-corrected chi connectivity index (χ1v) is 6.91. The first kappa shape index (κ1) is 15.5. The molecule has 4 nitrogen and oxygen atoms in total. The Balaban J connectivity index is 2.48. The van der Waals surface area contributed by atoms with Crippen molar-refractivity contribution in [2.45, 2.75) is 39.2 Å². The molecule has 106 valence electrons. The number of rotatable bonds is 8. The maximum Gasteiger partial charge on any atom is 0.369 e. The lowest BCUT2D eigenvalue weighted by atomic mass is 10.1. The van der Waals surface area contributed by atoms with Crippen molar-refractivity contribution >= 4 is 5.97 Å². The van der Waals surface area contributed by atoms with Gasteiger partial charge in [-0.15, -0.1) is 0 Å². The van der Waals surface area contributed by atoms with Crippen LogP contribution in [-0.4, -0.2) is 19.2 Å². The Morgan fingerprint density at radius 2 is 1.89 bits per heavy atom. The SMILES string of the molecule is CCCCCOc1ccc([C@H]([NH3+])C(=O)OCC)cc1. The van der Waals surface area contributed by atoms with Crippen molar-refractivity contribution < 1.29 is 20.0 Å². The molecule has 1 aromatic rings. The van der Waals surface area contributed by atoms with Gasteiger partial charge in [0.1, 0.15) is 5.75 Å². The van der Waals surface area contributed by atoms with Crippen LogP contribution in [0.5, 0.6) is 5.75 Å². The van der Waals surface area contributed by atoms with E-state index in [0.717, 1.165) is 24.3 Å². The summed E-state index contributed by atoms with van der Waals surface area (Å²) in [6.07, 6.45) is 3.44. The first-order valence-electron chi connectivity index (χ1n) is 6.91. The van der Waals surface area contributed by atoms with E-state index in [2.05, 4.69) is 12.7 Å². The van der Waals surface area contributed by atoms with E-state index in [9.17, 15) is 4.79 Å². The zero-order valence-corrected chi connectivity index (χ0v) is 11.9. The summed E-state index contributed by atoms with van der Waals surface area (Å²) in [6.45, 7) is 5.07. The molecule has 0 radical (unpaired) electrons. The smallest absolute Gasteiger partial charge is 0.369 e. The van der Waals surface area contributed by atoms with E-state index in [1.807, 2.05) is 24.3 Å². The average molecular weight is 266 g/mol. The van der Waals surface area contributed by atoms with Crippen LogP contribution in [-0.2, 0) is 9.53 Å². The molecule has 4 heteroatoms. The molecule has 19 heavy (non-hydrogen) atoms. The number of hydrogen-bond acceptors (Lipinski definition) is 3. The summed E-state index contributed by atoms with van der Waals surface area (Å²) in [6, 6.07) is 7.00. The van der Waals surface area contributed by atoms with Gasteiger partial charge in [-0.05, 0) is 37.6 Å². The molecule has 0 fully saturated rings. The molecule has 0 saturated carbocycles. The molecule has 1 rings (SSSR count). The molecular formula is C15H24NO3+. The molecule has 0 saturated heterocycles. The van der Waals surface area contributed by atoms with Gasteiger partial charge in [0.05, 0.1) is 13.2 Å². The van der Waals surface area contributed by atoms with Gasteiger partial charge in [0.15, 0.2) is 0 Å². The molecule has 0 amide bonds. The summed E-state index contributed by atoms with van der Waals surface area (Å²) in [5.74, 6) is 0.537. The molecule has 3 N–H and O–H groups in total. The van der Waals surface area contributed by atoms with Crippen LogP contribution in [0, 0.1) is 0 Å². The fourth-order valence-electron chi connectivity index (χ4n) is 1.72. The van der Waals surface area contributed by atoms with Gasteiger partial charge >= 0.3 is 5.97 Å². The maximum absolute atomic E-state index is 11.6. The summed E-state index contributed by atoms with van der Waals surface area (Å²) in [4.78, 5) is 11.6. The third-order valence-electron chi connectivity index (χ3n) is 2.87. The zero-order chi connectivity index (χ0) is 14.1. The number of hydrogen-bond donors (Lipinski definition) is 1. The second-order valence-electron chi connectivity index (χ2n) is 4.43. The molecule has 0 aliphatic rings. The molecule has 0 unspecified atom stereocenters. The number of benzene rings is 1. The number of carbonyl (C=O) groups is 1. The molecule has 0 aliphatic heterocycles. The van der Waals surface area contributed by atoms with Crippen molar-refractivity contribution in [1.29, 1.82) is 0 Å². The minimum Gasteiger partial charge on any atom is -0.494 e. The van der Waals surface area contributed by atoms with E-state index < -0.39 is 6.04 Å². The molecule has 0 aromatic heterocycles. The standard InChI is InChI=1S/C15H23NO3/c1-3-5-6-11-19-13-9-7-12(8-10-13)14(16)15(17)18-4-2/h7-10,14H,3-6,11,16H2,1-2H3/p+1/t14-/m0/s1. The summed E-state index contributed by atoms with van der Waals surface area (Å²) in [7, 11) is 0. The Morgan fingerprint density at radius 1 is 1.21 bits per heavy atom. The Kier molecular flexibility index (Phi) is 6.97. The fraction of sp³-hybridized carbons (Fsp3) is 0.533. The van der Waals surface area contributed by atoms with Gasteiger partial charge in [0.2, 0.25) is 6.04 Å². The molecule has 0 bridgehead atoms. The van der Waals surface area contributed by atoms with Crippen molar-refractivity contribution in [2.24, 2.45) is 0 Å². The van der Waals surface area contributed by atoms with Crippen LogP contribution in [0.1, 0.15) is 44.7 Å². The van der Waals surface area contributed by atoms with Gasteiger partial charge in [0, 0.05) is 5.56 Å². The van der Waals surface area contributed by atoms with Crippen LogP contribution in [0.4, 0.5) is 0 Å². The van der Waals surface area contributed by atoms with Crippen LogP contribution in [0.2, 0.25) is 0 Å². The lowest BCUT2D eigenvalue weighted by molar-refractivity contribution is -0.414. The lowest BCUT2D eigenvalue weighted by Gasteiger charge is -2.09. The summed E-state index contributed by atoms with van der Waals surface area (Å²) in [5.41, 5.74) is 4.67. The molecule has 0 aliphatic carbocycles. The summed E-state index contributed by atoms with van der Waals surface area (Å²) in [5, 5.41) is 0. The van der Waals surface area contributed by atoms with Crippen LogP contribution in [0.15, 0.2) is 24.3 Å².